The molecule has 0 spiro atoms. The normalized spacial score (nSPS) is 10.1. The standard InChI is InChI=1S/C15H11F2N/c1-10-3-2-4-13(15(10)17)12-6-5-11(7-8-18)14(16)9-12/h2-6,9H,7H2,1H3. The van der Waals surface area contributed by atoms with Gasteiger partial charge < -0.3 is 0 Å². The molecular weight excluding hydrogens is 232 g/mol. The van der Waals surface area contributed by atoms with Gasteiger partial charge in [0.25, 0.3) is 0 Å². The molecule has 2 rings (SSSR count). The number of aryl methyl sites for hydroxylation is 1. The van der Waals surface area contributed by atoms with E-state index in [0.29, 0.717) is 22.3 Å². The Morgan fingerprint density at radius 2 is 1.94 bits per heavy atom. The first-order valence-electron chi connectivity index (χ1n) is 5.54. The second kappa shape index (κ2) is 4.97. The lowest BCUT2D eigenvalue weighted by Crippen LogP contribution is -1.92. The molecule has 1 nitrogen and oxygen atoms in total. The molecule has 0 saturated carbocycles. The van der Waals surface area contributed by atoms with Gasteiger partial charge >= 0.3 is 0 Å². The SMILES string of the molecule is Cc1cccc(-c2ccc(CC#N)c(F)c2)c1F. The van der Waals surface area contributed by atoms with Crippen LogP contribution in [0.25, 0.3) is 11.1 Å². The summed E-state index contributed by atoms with van der Waals surface area (Å²) in [5.41, 5.74) is 1.70. The van der Waals surface area contributed by atoms with Crippen LogP contribution >= 0.6 is 0 Å². The highest BCUT2D eigenvalue weighted by molar-refractivity contribution is 5.65. The molecule has 18 heavy (non-hydrogen) atoms. The zero-order chi connectivity index (χ0) is 13.1. The van der Waals surface area contributed by atoms with E-state index in [9.17, 15) is 8.78 Å². The third kappa shape index (κ3) is 2.23. The molecular formula is C15H11F2N. The van der Waals surface area contributed by atoms with Gasteiger partial charge in [0.2, 0.25) is 0 Å². The van der Waals surface area contributed by atoms with E-state index in [1.54, 1.807) is 31.2 Å². The molecule has 0 radical (unpaired) electrons. The molecule has 0 aromatic heterocycles. The van der Waals surface area contributed by atoms with Crippen molar-refractivity contribution in [3.8, 4) is 17.2 Å². The highest BCUT2D eigenvalue weighted by Crippen LogP contribution is 2.26. The first kappa shape index (κ1) is 12.3. The van der Waals surface area contributed by atoms with Crippen molar-refractivity contribution in [2.24, 2.45) is 0 Å². The van der Waals surface area contributed by atoms with Gasteiger partial charge in [-0.15, -0.1) is 0 Å². The number of hydrogen-bond donors (Lipinski definition) is 0. The van der Waals surface area contributed by atoms with E-state index in [4.69, 9.17) is 5.26 Å². The maximum absolute atomic E-state index is 13.9. The first-order chi connectivity index (χ1) is 8.63. The van der Waals surface area contributed by atoms with E-state index >= 15 is 0 Å². The largest absolute Gasteiger partial charge is 0.207 e. The summed E-state index contributed by atoms with van der Waals surface area (Å²) in [5.74, 6) is -0.820. The molecule has 2 aromatic rings. The molecule has 0 heterocycles. The lowest BCUT2D eigenvalue weighted by Gasteiger charge is -2.07. The summed E-state index contributed by atoms with van der Waals surface area (Å²) in [5, 5.41) is 8.53. The lowest BCUT2D eigenvalue weighted by atomic mass is 10.0. The van der Waals surface area contributed by atoms with Crippen LogP contribution in [-0.4, -0.2) is 0 Å². The second-order valence-corrected chi connectivity index (χ2v) is 4.08. The molecule has 0 amide bonds. The van der Waals surface area contributed by atoms with Crippen molar-refractivity contribution in [3.63, 3.8) is 0 Å². The quantitative estimate of drug-likeness (QED) is 0.781. The van der Waals surface area contributed by atoms with E-state index in [1.807, 2.05) is 6.07 Å². The maximum atomic E-state index is 13.9. The summed E-state index contributed by atoms with van der Waals surface area (Å²) in [6.07, 6.45) is 0.0163. The molecule has 0 atom stereocenters. The maximum Gasteiger partial charge on any atom is 0.133 e. The van der Waals surface area contributed by atoms with Crippen LogP contribution in [0.4, 0.5) is 8.78 Å². The highest BCUT2D eigenvalue weighted by atomic mass is 19.1. The third-order valence-corrected chi connectivity index (χ3v) is 2.83. The molecule has 0 N–H and O–H groups in total. The number of halogens is 2. The molecule has 0 bridgehead atoms. The molecule has 0 aliphatic carbocycles. The Bertz CT molecular complexity index is 627. The number of nitrogens with zero attached hydrogens (tertiary/aromatic N) is 1. The van der Waals surface area contributed by atoms with Gasteiger partial charge in [-0.1, -0.05) is 30.3 Å². The molecule has 3 heteroatoms. The average molecular weight is 243 g/mol. The Labute approximate surface area is 104 Å². The van der Waals surface area contributed by atoms with Crippen molar-refractivity contribution in [2.45, 2.75) is 13.3 Å². The van der Waals surface area contributed by atoms with Gasteiger partial charge in [-0.05, 0) is 24.1 Å². The zero-order valence-corrected chi connectivity index (χ0v) is 9.87. The van der Waals surface area contributed by atoms with Crippen LogP contribution in [-0.2, 0) is 6.42 Å². The fourth-order valence-electron chi connectivity index (χ4n) is 1.81. The second-order valence-electron chi connectivity index (χ2n) is 4.08. The summed E-state index contributed by atoms with van der Waals surface area (Å²) in [6.45, 7) is 1.67. The fourth-order valence-corrected chi connectivity index (χ4v) is 1.81. The van der Waals surface area contributed by atoms with Gasteiger partial charge in [-0.2, -0.15) is 5.26 Å². The fraction of sp³-hybridized carbons (Fsp3) is 0.133. The molecule has 2 aromatic carbocycles. The molecule has 0 unspecified atom stereocenters. The predicted octanol–water partition coefficient (Wildman–Crippen LogP) is 4.01. The number of nitriles is 1. The molecule has 0 fully saturated rings. The minimum atomic E-state index is -0.477. The van der Waals surface area contributed by atoms with Crippen molar-refractivity contribution < 1.29 is 8.78 Å². The van der Waals surface area contributed by atoms with E-state index in [1.165, 1.54) is 12.1 Å². The Morgan fingerprint density at radius 1 is 1.17 bits per heavy atom. The predicted molar refractivity (Wildman–Crippen MR) is 65.8 cm³/mol. The van der Waals surface area contributed by atoms with E-state index in [-0.39, 0.29) is 12.2 Å². The Balaban J connectivity index is 2.50. The van der Waals surface area contributed by atoms with E-state index in [0.717, 1.165) is 0 Å². The Morgan fingerprint density at radius 3 is 2.61 bits per heavy atom. The van der Waals surface area contributed by atoms with Crippen molar-refractivity contribution >= 4 is 0 Å². The first-order valence-corrected chi connectivity index (χ1v) is 5.54. The highest BCUT2D eigenvalue weighted by Gasteiger charge is 2.09. The van der Waals surface area contributed by atoms with Gasteiger partial charge in [0.15, 0.2) is 0 Å². The van der Waals surface area contributed by atoms with Crippen molar-refractivity contribution in [1.82, 2.24) is 0 Å². The topological polar surface area (TPSA) is 23.8 Å². The van der Waals surface area contributed by atoms with Crippen molar-refractivity contribution in [1.29, 1.82) is 5.26 Å². The van der Waals surface area contributed by atoms with Gasteiger partial charge in [0, 0.05) is 11.1 Å². The van der Waals surface area contributed by atoms with Crippen LogP contribution in [0, 0.1) is 29.9 Å². The van der Waals surface area contributed by atoms with Crippen LogP contribution in [0.2, 0.25) is 0 Å². The zero-order valence-electron chi connectivity index (χ0n) is 9.87. The van der Waals surface area contributed by atoms with Crippen LogP contribution < -0.4 is 0 Å². The summed E-state index contributed by atoms with van der Waals surface area (Å²) in [7, 11) is 0. The van der Waals surface area contributed by atoms with Crippen LogP contribution in [0.5, 0.6) is 0 Å². The lowest BCUT2D eigenvalue weighted by molar-refractivity contribution is 0.613. The number of benzene rings is 2. The summed E-state index contributed by atoms with van der Waals surface area (Å²) >= 11 is 0. The van der Waals surface area contributed by atoms with Crippen LogP contribution in [0.3, 0.4) is 0 Å². The third-order valence-electron chi connectivity index (χ3n) is 2.83. The summed E-state index contributed by atoms with van der Waals surface area (Å²) < 4.78 is 27.6. The summed E-state index contributed by atoms with van der Waals surface area (Å²) in [4.78, 5) is 0. The Hall–Kier alpha value is -2.21. The van der Waals surface area contributed by atoms with Gasteiger partial charge in [0.1, 0.15) is 11.6 Å². The molecule has 0 aliphatic rings. The molecule has 0 saturated heterocycles. The van der Waals surface area contributed by atoms with Gasteiger partial charge in [-0.3, -0.25) is 0 Å². The van der Waals surface area contributed by atoms with Crippen LogP contribution in [0.1, 0.15) is 11.1 Å². The van der Waals surface area contributed by atoms with Crippen molar-refractivity contribution in [3.05, 3.63) is 59.2 Å². The Kier molecular flexibility index (Phi) is 3.38. The molecule has 0 aliphatic heterocycles. The molecule has 90 valence electrons. The number of rotatable bonds is 2. The van der Waals surface area contributed by atoms with E-state index < -0.39 is 5.82 Å². The van der Waals surface area contributed by atoms with Gasteiger partial charge in [-0.25, -0.2) is 8.78 Å². The summed E-state index contributed by atoms with van der Waals surface area (Å²) in [6, 6.07) is 11.3. The van der Waals surface area contributed by atoms with Crippen molar-refractivity contribution in [2.75, 3.05) is 0 Å². The van der Waals surface area contributed by atoms with Crippen LogP contribution in [0.15, 0.2) is 36.4 Å². The smallest absolute Gasteiger partial charge is 0.133 e. The average Bonchev–Trinajstić information content (AvgIpc) is 2.35. The van der Waals surface area contributed by atoms with Gasteiger partial charge in [0.05, 0.1) is 12.5 Å². The minimum Gasteiger partial charge on any atom is -0.207 e. The minimum absolute atomic E-state index is 0.0163. The van der Waals surface area contributed by atoms with E-state index in [2.05, 4.69) is 0 Å². The monoisotopic (exact) mass is 243 g/mol. The number of hydrogen-bond acceptors (Lipinski definition) is 1.